The number of nitrogen functional groups attached to an aromatic ring is 1. The molecule has 1 aromatic rings. The van der Waals surface area contributed by atoms with Crippen molar-refractivity contribution in [1.29, 1.82) is 0 Å². The van der Waals surface area contributed by atoms with Crippen LogP contribution < -0.4 is 5.73 Å². The molecule has 1 aromatic carbocycles. The Morgan fingerprint density at radius 1 is 1.29 bits per heavy atom. The smallest absolute Gasteiger partial charge is 0.245 e. The van der Waals surface area contributed by atoms with Crippen molar-refractivity contribution in [3.8, 4) is 0 Å². The van der Waals surface area contributed by atoms with Crippen molar-refractivity contribution in [3.05, 3.63) is 24.0 Å². The van der Waals surface area contributed by atoms with Crippen LogP contribution in [0.25, 0.3) is 0 Å². The average molecular weight is 314 g/mol. The summed E-state index contributed by atoms with van der Waals surface area (Å²) in [4.78, 5) is -0.295. The second-order valence-corrected chi connectivity index (χ2v) is 7.76. The highest BCUT2D eigenvalue weighted by molar-refractivity contribution is 7.89. The molecule has 21 heavy (non-hydrogen) atoms. The van der Waals surface area contributed by atoms with Crippen molar-refractivity contribution in [3.63, 3.8) is 0 Å². The molecule has 0 radical (unpaired) electrons. The van der Waals surface area contributed by atoms with Crippen molar-refractivity contribution in [2.24, 2.45) is 5.92 Å². The fourth-order valence-electron chi connectivity index (χ4n) is 2.99. The van der Waals surface area contributed by atoms with Gasteiger partial charge in [-0.15, -0.1) is 0 Å². The van der Waals surface area contributed by atoms with Gasteiger partial charge in [0.15, 0.2) is 0 Å². The number of hydrogen-bond acceptors (Lipinski definition) is 3. The summed E-state index contributed by atoms with van der Waals surface area (Å²) in [6.07, 6.45) is 4.88. The van der Waals surface area contributed by atoms with E-state index in [2.05, 4.69) is 6.92 Å². The van der Waals surface area contributed by atoms with E-state index in [1.54, 1.807) is 7.05 Å². The van der Waals surface area contributed by atoms with Gasteiger partial charge in [-0.1, -0.05) is 13.3 Å². The van der Waals surface area contributed by atoms with Crippen LogP contribution in [0, 0.1) is 11.7 Å². The summed E-state index contributed by atoms with van der Waals surface area (Å²) in [6, 6.07) is 3.66. The molecule has 0 atom stereocenters. The van der Waals surface area contributed by atoms with Gasteiger partial charge in [0.05, 0.1) is 0 Å². The summed E-state index contributed by atoms with van der Waals surface area (Å²) < 4.78 is 40.4. The van der Waals surface area contributed by atoms with Gasteiger partial charge in [-0.05, 0) is 49.8 Å². The van der Waals surface area contributed by atoms with Crippen LogP contribution in [0.3, 0.4) is 0 Å². The molecule has 2 N–H and O–H groups in total. The van der Waals surface area contributed by atoms with Gasteiger partial charge in [0.25, 0.3) is 0 Å². The molecule has 2 rings (SSSR count). The maximum Gasteiger partial charge on any atom is 0.245 e. The molecule has 0 aromatic heterocycles. The second-order valence-electron chi connectivity index (χ2n) is 5.79. The molecule has 0 amide bonds. The number of nitrogens with two attached hydrogens (primary N) is 1. The Kier molecular flexibility index (Phi) is 4.88. The third-order valence-corrected chi connectivity index (χ3v) is 6.46. The third kappa shape index (κ3) is 3.37. The quantitative estimate of drug-likeness (QED) is 0.869. The number of nitrogens with zero attached hydrogens (tertiary/aromatic N) is 1. The monoisotopic (exact) mass is 314 g/mol. The first-order chi connectivity index (χ1) is 9.86. The Bertz CT molecular complexity index is 596. The number of benzene rings is 1. The number of rotatable bonds is 4. The van der Waals surface area contributed by atoms with Crippen LogP contribution >= 0.6 is 0 Å². The first-order valence-electron chi connectivity index (χ1n) is 7.39. The summed E-state index contributed by atoms with van der Waals surface area (Å²) >= 11 is 0. The topological polar surface area (TPSA) is 63.4 Å². The van der Waals surface area contributed by atoms with E-state index < -0.39 is 15.8 Å². The van der Waals surface area contributed by atoms with E-state index in [1.807, 2.05) is 0 Å². The molecule has 6 heteroatoms. The highest BCUT2D eigenvalue weighted by atomic mass is 32.2. The molecular formula is C15H23FN2O2S. The molecular weight excluding hydrogens is 291 g/mol. The largest absolute Gasteiger partial charge is 0.399 e. The minimum atomic E-state index is -3.81. The van der Waals surface area contributed by atoms with E-state index in [0.717, 1.165) is 38.2 Å². The Hall–Kier alpha value is -1.14. The average Bonchev–Trinajstić information content (AvgIpc) is 2.46. The predicted octanol–water partition coefficient (Wildman–Crippen LogP) is 3.00. The van der Waals surface area contributed by atoms with Crippen LogP contribution in [0.2, 0.25) is 0 Å². The van der Waals surface area contributed by atoms with Gasteiger partial charge in [0.1, 0.15) is 10.7 Å². The molecule has 0 bridgehead atoms. The van der Waals surface area contributed by atoms with Crippen molar-refractivity contribution in [2.45, 2.75) is 50.0 Å². The van der Waals surface area contributed by atoms with E-state index >= 15 is 0 Å². The lowest BCUT2D eigenvalue weighted by Gasteiger charge is -2.33. The molecule has 1 saturated carbocycles. The Morgan fingerprint density at radius 2 is 1.90 bits per heavy atom. The van der Waals surface area contributed by atoms with Gasteiger partial charge in [-0.2, -0.15) is 4.31 Å². The molecule has 118 valence electrons. The molecule has 0 heterocycles. The molecule has 0 aliphatic heterocycles. The van der Waals surface area contributed by atoms with Gasteiger partial charge in [0, 0.05) is 18.8 Å². The van der Waals surface area contributed by atoms with Gasteiger partial charge in [0.2, 0.25) is 10.0 Å². The zero-order chi connectivity index (χ0) is 15.6. The first kappa shape index (κ1) is 16.2. The fourth-order valence-corrected chi connectivity index (χ4v) is 4.45. The minimum absolute atomic E-state index is 0.0465. The lowest BCUT2D eigenvalue weighted by atomic mass is 9.85. The molecule has 4 nitrogen and oxygen atoms in total. The van der Waals surface area contributed by atoms with Crippen molar-refractivity contribution < 1.29 is 12.8 Å². The van der Waals surface area contributed by atoms with Gasteiger partial charge in [-0.3, -0.25) is 0 Å². The zero-order valence-corrected chi connectivity index (χ0v) is 13.4. The lowest BCUT2D eigenvalue weighted by molar-refractivity contribution is 0.232. The number of anilines is 1. The number of sulfonamides is 1. The van der Waals surface area contributed by atoms with Gasteiger partial charge >= 0.3 is 0 Å². The van der Waals surface area contributed by atoms with Crippen molar-refractivity contribution in [2.75, 3.05) is 12.8 Å². The summed E-state index contributed by atoms with van der Waals surface area (Å²) in [5.74, 6) is -0.102. The fraction of sp³-hybridized carbons (Fsp3) is 0.600. The standard InChI is InChI=1S/C15H23FN2O2S/c1-3-11-4-7-13(8-5-11)18(2)21(19,20)15-9-6-12(17)10-14(15)16/h6,9-11,13H,3-5,7-8,17H2,1-2H3. The lowest BCUT2D eigenvalue weighted by Crippen LogP contribution is -2.39. The highest BCUT2D eigenvalue weighted by Crippen LogP contribution is 2.32. The second kappa shape index (κ2) is 6.32. The van der Waals surface area contributed by atoms with E-state index in [1.165, 1.54) is 16.4 Å². The van der Waals surface area contributed by atoms with Crippen LogP contribution in [-0.4, -0.2) is 25.8 Å². The Labute approximate surface area is 126 Å². The molecule has 0 unspecified atom stereocenters. The van der Waals surface area contributed by atoms with E-state index in [0.29, 0.717) is 5.92 Å². The summed E-state index contributed by atoms with van der Waals surface area (Å²) in [7, 11) is -2.26. The van der Waals surface area contributed by atoms with E-state index in [-0.39, 0.29) is 16.6 Å². The van der Waals surface area contributed by atoms with E-state index in [9.17, 15) is 12.8 Å². The molecule has 0 saturated heterocycles. The van der Waals surface area contributed by atoms with Crippen LogP contribution in [0.4, 0.5) is 10.1 Å². The van der Waals surface area contributed by atoms with Crippen LogP contribution in [0.5, 0.6) is 0 Å². The van der Waals surface area contributed by atoms with Crippen LogP contribution in [0.15, 0.2) is 23.1 Å². The molecule has 1 fully saturated rings. The number of hydrogen-bond donors (Lipinski definition) is 1. The van der Waals surface area contributed by atoms with Gasteiger partial charge < -0.3 is 5.73 Å². The summed E-state index contributed by atoms with van der Waals surface area (Å²) in [5, 5.41) is 0. The molecule has 0 spiro atoms. The maximum atomic E-state index is 13.9. The molecule has 1 aliphatic carbocycles. The van der Waals surface area contributed by atoms with Crippen LogP contribution in [-0.2, 0) is 10.0 Å². The minimum Gasteiger partial charge on any atom is -0.399 e. The summed E-state index contributed by atoms with van der Waals surface area (Å²) in [6.45, 7) is 2.16. The third-order valence-electron chi connectivity index (χ3n) is 4.52. The van der Waals surface area contributed by atoms with Crippen molar-refractivity contribution in [1.82, 2.24) is 4.31 Å². The summed E-state index contributed by atoms with van der Waals surface area (Å²) in [5.41, 5.74) is 5.69. The predicted molar refractivity (Wildman–Crippen MR) is 81.8 cm³/mol. The number of halogens is 1. The first-order valence-corrected chi connectivity index (χ1v) is 8.83. The van der Waals surface area contributed by atoms with E-state index in [4.69, 9.17) is 5.73 Å². The highest BCUT2D eigenvalue weighted by Gasteiger charge is 2.32. The Morgan fingerprint density at radius 3 is 2.43 bits per heavy atom. The zero-order valence-electron chi connectivity index (χ0n) is 12.5. The SMILES string of the molecule is CCC1CCC(N(C)S(=O)(=O)c2ccc(N)cc2F)CC1. The maximum absolute atomic E-state index is 13.9. The molecule has 1 aliphatic rings. The Balaban J connectivity index is 2.19. The van der Waals surface area contributed by atoms with Crippen LogP contribution in [0.1, 0.15) is 39.0 Å². The van der Waals surface area contributed by atoms with Crippen molar-refractivity contribution >= 4 is 15.7 Å². The van der Waals surface area contributed by atoms with Gasteiger partial charge in [-0.25, -0.2) is 12.8 Å². The normalized spacial score (nSPS) is 23.4.